The van der Waals surface area contributed by atoms with E-state index in [2.05, 4.69) is 20.7 Å². The fourth-order valence-corrected chi connectivity index (χ4v) is 4.17. The first-order valence-corrected chi connectivity index (χ1v) is 16.4. The van der Waals surface area contributed by atoms with Crippen LogP contribution >= 0.6 is 0 Å². The number of nitrogens with zero attached hydrogens (tertiary/aromatic N) is 1. The van der Waals surface area contributed by atoms with E-state index in [1.807, 2.05) is 60.9 Å². The summed E-state index contributed by atoms with van der Waals surface area (Å²) in [5.41, 5.74) is 39.6. The fourth-order valence-electron chi connectivity index (χ4n) is 4.17. The highest BCUT2D eigenvalue weighted by molar-refractivity contribution is 5.85. The van der Waals surface area contributed by atoms with Crippen LogP contribution in [-0.2, 0) is 41.6 Å². The molecule has 4 atom stereocenters. The summed E-state index contributed by atoms with van der Waals surface area (Å²) in [6.45, 7) is 0.142. The fraction of sp³-hybridized carbons (Fsp3) is 0.324. The topological polar surface area (TPSA) is 450 Å². The molecule has 0 bridgehead atoms. The van der Waals surface area contributed by atoms with Crippen molar-refractivity contribution in [2.75, 3.05) is 13.1 Å². The molecule has 22 heteroatoms. The van der Waals surface area contributed by atoms with Gasteiger partial charge in [-0.2, -0.15) is 0 Å². The first kappa shape index (κ1) is 49.4. The van der Waals surface area contributed by atoms with E-state index in [0.717, 1.165) is 32.9 Å². The van der Waals surface area contributed by atoms with Crippen molar-refractivity contribution in [3.63, 3.8) is 0 Å². The lowest BCUT2D eigenvalue weighted by Gasteiger charge is -2.04. The number of rotatable bonds is 15. The summed E-state index contributed by atoms with van der Waals surface area (Å²) in [4.78, 5) is 70.2. The molecule has 2 aromatic carbocycles. The van der Waals surface area contributed by atoms with E-state index >= 15 is 0 Å². The largest absolute Gasteiger partial charge is 0.481 e. The molecule has 2 heterocycles. The molecule has 4 unspecified atom stereocenters. The van der Waals surface area contributed by atoms with E-state index in [4.69, 9.17) is 65.0 Å². The second-order valence-electron chi connectivity index (χ2n) is 11.6. The van der Waals surface area contributed by atoms with Gasteiger partial charge in [-0.05, 0) is 36.1 Å². The van der Waals surface area contributed by atoms with Crippen LogP contribution in [0.25, 0.3) is 21.8 Å². The van der Waals surface area contributed by atoms with Crippen LogP contribution < -0.4 is 40.1 Å². The summed E-state index contributed by atoms with van der Waals surface area (Å²) < 4.78 is 0. The predicted octanol–water partition coefficient (Wildman–Crippen LogP) is -1.40. The monoisotopic (exact) mass is 790 g/mol. The SMILES string of the molecule is NC(CC(=O)O)C(=O)O.NC(Cc1c[nH]c2ccccc12)C(=O)O.NC(Cc1c[nH]c2ccccc12)C(=O)O.NC(N)=NCCCC(N)C(=O)O.NCC(=O)O. The van der Waals surface area contributed by atoms with Crippen LogP contribution in [0.15, 0.2) is 65.9 Å². The number of aliphatic imine (C=N–C) groups is 1. The molecule has 0 aliphatic heterocycles. The third-order valence-electron chi connectivity index (χ3n) is 7.04. The highest BCUT2D eigenvalue weighted by atomic mass is 16.4. The third-order valence-corrected chi connectivity index (χ3v) is 7.04. The van der Waals surface area contributed by atoms with Crippen LogP contribution in [0.4, 0.5) is 0 Å². The van der Waals surface area contributed by atoms with Gasteiger partial charge in [0.15, 0.2) is 5.96 Å². The van der Waals surface area contributed by atoms with E-state index in [1.54, 1.807) is 0 Å². The first-order valence-electron chi connectivity index (χ1n) is 16.4. The zero-order chi connectivity index (χ0) is 43.0. The van der Waals surface area contributed by atoms with Gasteiger partial charge >= 0.3 is 35.8 Å². The van der Waals surface area contributed by atoms with Gasteiger partial charge in [-0.1, -0.05) is 36.4 Å². The number of hydrogen-bond donors (Lipinski definition) is 15. The van der Waals surface area contributed by atoms with Gasteiger partial charge in [0, 0.05) is 53.6 Å². The number of aromatic amines is 2. The molecular weight excluding hydrogens is 740 g/mol. The Bertz CT molecular complexity index is 1800. The second kappa shape index (κ2) is 26.2. The lowest BCUT2D eigenvalue weighted by molar-refractivity contribution is -0.144. The Hall–Kier alpha value is -6.59. The molecule has 22 N–H and O–H groups in total. The maximum absolute atomic E-state index is 10.6. The predicted molar refractivity (Wildman–Crippen MR) is 205 cm³/mol. The van der Waals surface area contributed by atoms with Crippen LogP contribution in [0.1, 0.15) is 30.4 Å². The van der Waals surface area contributed by atoms with Gasteiger partial charge in [0.25, 0.3) is 0 Å². The quantitative estimate of drug-likeness (QED) is 0.0374. The summed E-state index contributed by atoms with van der Waals surface area (Å²) in [6, 6.07) is 11.7. The molecule has 0 saturated carbocycles. The van der Waals surface area contributed by atoms with Crippen molar-refractivity contribution in [3.05, 3.63) is 72.1 Å². The zero-order valence-corrected chi connectivity index (χ0v) is 30.2. The van der Waals surface area contributed by atoms with Crippen molar-refractivity contribution in [2.24, 2.45) is 45.1 Å². The van der Waals surface area contributed by atoms with Gasteiger partial charge in [-0.3, -0.25) is 33.8 Å². The van der Waals surface area contributed by atoms with E-state index in [1.165, 1.54) is 0 Å². The molecule has 308 valence electrons. The van der Waals surface area contributed by atoms with Crippen molar-refractivity contribution >= 4 is 63.6 Å². The number of H-pyrrole nitrogens is 2. The zero-order valence-electron chi connectivity index (χ0n) is 30.2. The lowest BCUT2D eigenvalue weighted by atomic mass is 10.1. The molecule has 0 aliphatic carbocycles. The Morgan fingerprint density at radius 1 is 0.589 bits per heavy atom. The average Bonchev–Trinajstić information content (AvgIpc) is 3.74. The smallest absolute Gasteiger partial charge is 0.321 e. The molecule has 2 aromatic heterocycles. The normalized spacial score (nSPS) is 12.2. The van der Waals surface area contributed by atoms with Crippen LogP contribution in [0, 0.1) is 0 Å². The summed E-state index contributed by atoms with van der Waals surface area (Å²) >= 11 is 0. The lowest BCUT2D eigenvalue weighted by Crippen LogP contribution is -2.32. The molecule has 0 aliphatic rings. The van der Waals surface area contributed by atoms with Gasteiger partial charge in [-0.25, -0.2) is 0 Å². The summed E-state index contributed by atoms with van der Waals surface area (Å²) in [6.07, 6.45) is 4.74. The number of aliphatic carboxylic acids is 6. The van der Waals surface area contributed by atoms with Gasteiger partial charge in [-0.15, -0.1) is 0 Å². The van der Waals surface area contributed by atoms with E-state index in [0.29, 0.717) is 32.2 Å². The highest BCUT2D eigenvalue weighted by Crippen LogP contribution is 2.19. The van der Waals surface area contributed by atoms with Crippen molar-refractivity contribution in [1.29, 1.82) is 0 Å². The number of carbonyl (C=O) groups is 6. The number of carboxylic acids is 6. The van der Waals surface area contributed by atoms with Crippen molar-refractivity contribution in [3.8, 4) is 0 Å². The van der Waals surface area contributed by atoms with E-state index < -0.39 is 66.4 Å². The number of nitrogens with one attached hydrogen (secondary N) is 2. The number of nitrogens with two attached hydrogens (primary N) is 7. The number of carboxylic acid groups (broad SMARTS) is 6. The van der Waals surface area contributed by atoms with Gasteiger partial charge in [0.1, 0.15) is 24.2 Å². The van der Waals surface area contributed by atoms with E-state index in [9.17, 15) is 28.8 Å². The third kappa shape index (κ3) is 20.6. The van der Waals surface area contributed by atoms with Crippen LogP contribution in [0.2, 0.25) is 0 Å². The Kier molecular flexibility index (Phi) is 23.1. The summed E-state index contributed by atoms with van der Waals surface area (Å²) in [5.74, 6) is -6.40. The van der Waals surface area contributed by atoms with Crippen LogP contribution in [0.3, 0.4) is 0 Å². The molecule has 0 radical (unpaired) electrons. The van der Waals surface area contributed by atoms with Crippen LogP contribution in [0.5, 0.6) is 0 Å². The molecular formula is C34H50N10O12. The summed E-state index contributed by atoms with van der Waals surface area (Å²) in [7, 11) is 0. The molecule has 22 nitrogen and oxygen atoms in total. The number of fused-ring (bicyclic) bond motifs is 2. The number of aromatic nitrogens is 2. The standard InChI is InChI=1S/2C11H12N2O2.C6H14N4O2.C4H7NO4.C2H5NO2/c2*12-9(11(14)15)5-7-6-13-10-4-2-1-3-8(7)10;7-4(5(11)12)2-1-3-10-6(8)9;5-2(4(8)9)1-3(6)7;3-1-2(4)5/h2*1-4,6,9,13H,5,12H2,(H,14,15);4H,1-3,7H2,(H,11,12)(H4,8,9,10);2H,1,5H2,(H,6,7)(H,8,9);1,3H2,(H,4,5). The second-order valence-corrected chi connectivity index (χ2v) is 11.6. The first-order chi connectivity index (χ1) is 26.2. The Balaban J connectivity index is 0.000000704. The molecule has 0 fully saturated rings. The van der Waals surface area contributed by atoms with Crippen molar-refractivity contribution in [2.45, 2.75) is 56.3 Å². The molecule has 4 rings (SSSR count). The maximum Gasteiger partial charge on any atom is 0.321 e. The maximum atomic E-state index is 10.6. The molecule has 0 amide bonds. The number of hydrogen-bond acceptors (Lipinski definition) is 12. The Morgan fingerprint density at radius 3 is 1.27 bits per heavy atom. The van der Waals surface area contributed by atoms with Gasteiger partial charge in [0.2, 0.25) is 0 Å². The van der Waals surface area contributed by atoms with Gasteiger partial charge < -0.3 is 80.7 Å². The molecule has 4 aromatic rings. The van der Waals surface area contributed by atoms with Crippen molar-refractivity contribution in [1.82, 2.24) is 9.97 Å². The number of benzene rings is 2. The molecule has 0 saturated heterocycles. The molecule has 0 spiro atoms. The Labute approximate surface area is 319 Å². The Morgan fingerprint density at radius 2 is 0.964 bits per heavy atom. The van der Waals surface area contributed by atoms with Crippen LogP contribution in [-0.4, -0.2) is 120 Å². The summed E-state index contributed by atoms with van der Waals surface area (Å²) in [5, 5.41) is 51.5. The van der Waals surface area contributed by atoms with E-state index in [-0.39, 0.29) is 12.5 Å². The average molecular weight is 791 g/mol. The highest BCUT2D eigenvalue weighted by Gasteiger charge is 2.16. The minimum Gasteiger partial charge on any atom is -0.481 e. The molecule has 56 heavy (non-hydrogen) atoms. The number of guanidine groups is 1. The minimum absolute atomic E-state index is 0.0129. The van der Waals surface area contributed by atoms with Gasteiger partial charge in [0.05, 0.1) is 13.0 Å². The van der Waals surface area contributed by atoms with Crippen molar-refractivity contribution < 1.29 is 59.4 Å². The number of para-hydroxylation sites is 2. The minimum atomic E-state index is -1.29.